The summed E-state index contributed by atoms with van der Waals surface area (Å²) in [6, 6.07) is 6.67. The minimum atomic E-state index is 0.784. The summed E-state index contributed by atoms with van der Waals surface area (Å²) in [7, 11) is 2.06. The van der Waals surface area contributed by atoms with E-state index in [0.717, 1.165) is 22.9 Å². The Balaban J connectivity index is 1.86. The molecule has 18 heavy (non-hydrogen) atoms. The lowest BCUT2D eigenvalue weighted by molar-refractivity contribution is 0.376. The van der Waals surface area contributed by atoms with E-state index in [1.165, 1.54) is 36.9 Å². The standard InChI is InChI=1S/C15H19ClN2/c1-18-10-14(16)13-5-4-11(8-15(13)18)7-12-3-2-6-17-9-12/h4-5,8,10,12,17H,2-3,6-7,9H2,1H3. The first-order valence-corrected chi connectivity index (χ1v) is 7.06. The van der Waals surface area contributed by atoms with Crippen LogP contribution in [0.5, 0.6) is 0 Å². The SMILES string of the molecule is Cn1cc(Cl)c2ccc(CC3CCCNC3)cc21. The number of hydrogen-bond acceptors (Lipinski definition) is 1. The van der Waals surface area contributed by atoms with Crippen molar-refractivity contribution in [1.82, 2.24) is 9.88 Å². The molecule has 1 aliphatic rings. The van der Waals surface area contributed by atoms with Crippen molar-refractivity contribution < 1.29 is 0 Å². The summed E-state index contributed by atoms with van der Waals surface area (Å²) in [5.41, 5.74) is 2.66. The molecule has 3 heteroatoms. The molecule has 1 aromatic carbocycles. The first-order chi connectivity index (χ1) is 8.74. The van der Waals surface area contributed by atoms with Crippen molar-refractivity contribution in [2.24, 2.45) is 13.0 Å². The van der Waals surface area contributed by atoms with Crippen LogP contribution in [0.4, 0.5) is 0 Å². The predicted octanol–water partition coefficient (Wildman–Crippen LogP) is 3.37. The highest BCUT2D eigenvalue weighted by atomic mass is 35.5. The highest BCUT2D eigenvalue weighted by Crippen LogP contribution is 2.27. The fraction of sp³-hybridized carbons (Fsp3) is 0.467. The normalized spacial score (nSPS) is 20.4. The molecule has 2 aromatic rings. The van der Waals surface area contributed by atoms with Gasteiger partial charge in [0.15, 0.2) is 0 Å². The Labute approximate surface area is 113 Å². The number of halogens is 1. The van der Waals surface area contributed by atoms with Crippen molar-refractivity contribution in [3.63, 3.8) is 0 Å². The Morgan fingerprint density at radius 1 is 1.44 bits per heavy atom. The third kappa shape index (κ3) is 2.27. The summed E-state index contributed by atoms with van der Waals surface area (Å²) in [4.78, 5) is 0. The Hall–Kier alpha value is -0.990. The number of piperidine rings is 1. The van der Waals surface area contributed by atoms with E-state index < -0.39 is 0 Å². The van der Waals surface area contributed by atoms with Gasteiger partial charge in [-0.25, -0.2) is 0 Å². The average Bonchev–Trinajstić information content (AvgIpc) is 2.66. The first kappa shape index (κ1) is 12.1. The third-order valence-corrected chi connectivity index (χ3v) is 4.23. The van der Waals surface area contributed by atoms with E-state index in [-0.39, 0.29) is 0 Å². The molecule has 1 unspecified atom stereocenters. The molecular formula is C15H19ClN2. The average molecular weight is 263 g/mol. The summed E-state index contributed by atoms with van der Waals surface area (Å²) in [6.45, 7) is 2.34. The second-order valence-electron chi connectivity index (χ2n) is 5.36. The zero-order valence-corrected chi connectivity index (χ0v) is 11.5. The smallest absolute Gasteiger partial charge is 0.0661 e. The molecule has 96 valence electrons. The molecule has 1 aromatic heterocycles. The number of hydrogen-bond donors (Lipinski definition) is 1. The highest BCUT2D eigenvalue weighted by molar-refractivity contribution is 6.35. The van der Waals surface area contributed by atoms with E-state index in [1.807, 2.05) is 6.20 Å². The van der Waals surface area contributed by atoms with Crippen LogP contribution in [0.1, 0.15) is 18.4 Å². The number of fused-ring (bicyclic) bond motifs is 1. The molecular weight excluding hydrogens is 244 g/mol. The van der Waals surface area contributed by atoms with Crippen LogP contribution in [0.25, 0.3) is 10.9 Å². The van der Waals surface area contributed by atoms with E-state index in [1.54, 1.807) is 0 Å². The Bertz CT molecular complexity index is 553. The van der Waals surface area contributed by atoms with Gasteiger partial charge >= 0.3 is 0 Å². The molecule has 1 aliphatic heterocycles. The number of benzene rings is 1. The summed E-state index contributed by atoms with van der Waals surface area (Å²) >= 11 is 6.19. The second-order valence-corrected chi connectivity index (χ2v) is 5.76. The predicted molar refractivity (Wildman–Crippen MR) is 77.2 cm³/mol. The van der Waals surface area contributed by atoms with Gasteiger partial charge in [0.25, 0.3) is 0 Å². The molecule has 0 bridgehead atoms. The van der Waals surface area contributed by atoms with Crippen LogP contribution in [0.15, 0.2) is 24.4 Å². The Kier molecular flexibility index (Phi) is 3.31. The fourth-order valence-electron chi connectivity index (χ4n) is 2.94. The quantitative estimate of drug-likeness (QED) is 0.878. The topological polar surface area (TPSA) is 17.0 Å². The van der Waals surface area contributed by atoms with Crippen molar-refractivity contribution in [3.8, 4) is 0 Å². The van der Waals surface area contributed by atoms with Crippen LogP contribution < -0.4 is 5.32 Å². The van der Waals surface area contributed by atoms with E-state index in [4.69, 9.17) is 11.6 Å². The lowest BCUT2D eigenvalue weighted by atomic mass is 9.92. The maximum Gasteiger partial charge on any atom is 0.0661 e. The van der Waals surface area contributed by atoms with Gasteiger partial charge in [-0.2, -0.15) is 0 Å². The molecule has 1 atom stereocenters. The molecule has 1 N–H and O–H groups in total. The van der Waals surface area contributed by atoms with Gasteiger partial charge in [-0.05, 0) is 49.9 Å². The largest absolute Gasteiger partial charge is 0.349 e. The molecule has 0 aliphatic carbocycles. The number of aryl methyl sites for hydroxylation is 1. The molecule has 0 amide bonds. The van der Waals surface area contributed by atoms with Crippen LogP contribution >= 0.6 is 11.6 Å². The van der Waals surface area contributed by atoms with Gasteiger partial charge in [0.1, 0.15) is 0 Å². The molecule has 0 saturated carbocycles. The molecule has 2 heterocycles. The van der Waals surface area contributed by atoms with E-state index in [0.29, 0.717) is 0 Å². The minimum Gasteiger partial charge on any atom is -0.349 e. The monoisotopic (exact) mass is 262 g/mol. The lowest BCUT2D eigenvalue weighted by Gasteiger charge is -2.22. The number of nitrogens with zero attached hydrogens (tertiary/aromatic N) is 1. The molecule has 3 rings (SSSR count). The first-order valence-electron chi connectivity index (χ1n) is 6.68. The molecule has 1 saturated heterocycles. The third-order valence-electron chi connectivity index (χ3n) is 3.93. The summed E-state index contributed by atoms with van der Waals surface area (Å²) in [5.74, 6) is 0.784. The number of nitrogens with one attached hydrogen (secondary N) is 1. The van der Waals surface area contributed by atoms with Crippen molar-refractivity contribution in [1.29, 1.82) is 0 Å². The fourth-order valence-corrected chi connectivity index (χ4v) is 3.24. The van der Waals surface area contributed by atoms with E-state index >= 15 is 0 Å². The molecule has 0 radical (unpaired) electrons. The van der Waals surface area contributed by atoms with Crippen LogP contribution in [0.2, 0.25) is 5.02 Å². The van der Waals surface area contributed by atoms with Gasteiger partial charge in [-0.3, -0.25) is 0 Å². The molecule has 2 nitrogen and oxygen atoms in total. The summed E-state index contributed by atoms with van der Waals surface area (Å²) in [6.07, 6.45) is 5.81. The van der Waals surface area contributed by atoms with Crippen LogP contribution in [-0.2, 0) is 13.5 Å². The zero-order valence-electron chi connectivity index (χ0n) is 10.7. The maximum absolute atomic E-state index is 6.19. The van der Waals surface area contributed by atoms with Crippen LogP contribution in [-0.4, -0.2) is 17.7 Å². The Morgan fingerprint density at radius 3 is 3.11 bits per heavy atom. The summed E-state index contributed by atoms with van der Waals surface area (Å²) < 4.78 is 2.11. The van der Waals surface area contributed by atoms with E-state index in [2.05, 4.69) is 35.1 Å². The van der Waals surface area contributed by atoms with Gasteiger partial charge in [0.05, 0.1) is 5.02 Å². The van der Waals surface area contributed by atoms with Crippen molar-refractivity contribution in [2.45, 2.75) is 19.3 Å². The maximum atomic E-state index is 6.19. The minimum absolute atomic E-state index is 0.784. The Morgan fingerprint density at radius 2 is 2.33 bits per heavy atom. The molecule has 0 spiro atoms. The van der Waals surface area contributed by atoms with Crippen LogP contribution in [0, 0.1) is 5.92 Å². The number of rotatable bonds is 2. The lowest BCUT2D eigenvalue weighted by Crippen LogP contribution is -2.30. The van der Waals surface area contributed by atoms with E-state index in [9.17, 15) is 0 Å². The molecule has 1 fully saturated rings. The zero-order chi connectivity index (χ0) is 12.5. The van der Waals surface area contributed by atoms with Crippen LogP contribution in [0.3, 0.4) is 0 Å². The van der Waals surface area contributed by atoms with Crippen molar-refractivity contribution >= 4 is 22.5 Å². The van der Waals surface area contributed by atoms with Crippen molar-refractivity contribution in [3.05, 3.63) is 35.0 Å². The summed E-state index contributed by atoms with van der Waals surface area (Å²) in [5, 5.41) is 5.48. The van der Waals surface area contributed by atoms with Gasteiger partial charge in [-0.1, -0.05) is 23.7 Å². The van der Waals surface area contributed by atoms with Gasteiger partial charge < -0.3 is 9.88 Å². The highest BCUT2D eigenvalue weighted by Gasteiger charge is 2.14. The van der Waals surface area contributed by atoms with Crippen molar-refractivity contribution in [2.75, 3.05) is 13.1 Å². The number of aromatic nitrogens is 1. The second kappa shape index (κ2) is 4.94. The van der Waals surface area contributed by atoms with Gasteiger partial charge in [-0.15, -0.1) is 0 Å². The van der Waals surface area contributed by atoms with Gasteiger partial charge in [0, 0.05) is 24.1 Å². The van der Waals surface area contributed by atoms with Gasteiger partial charge in [0.2, 0.25) is 0 Å².